The molecule has 25 heavy (non-hydrogen) atoms. The molecule has 2 aromatic carbocycles. The molecule has 0 saturated heterocycles. The van der Waals surface area contributed by atoms with E-state index in [0.717, 1.165) is 28.7 Å². The van der Waals surface area contributed by atoms with Crippen LogP contribution in [-0.4, -0.2) is 9.55 Å². The molecule has 3 heteroatoms. The van der Waals surface area contributed by atoms with Crippen LogP contribution in [0, 0.1) is 6.07 Å². The zero-order valence-corrected chi connectivity index (χ0v) is 17.1. The van der Waals surface area contributed by atoms with E-state index >= 15 is 0 Å². The van der Waals surface area contributed by atoms with E-state index in [4.69, 9.17) is 4.98 Å². The van der Waals surface area contributed by atoms with E-state index in [9.17, 15) is 0 Å². The molecule has 0 amide bonds. The third-order valence-electron chi connectivity index (χ3n) is 5.97. The minimum absolute atomic E-state index is 0. The van der Waals surface area contributed by atoms with Gasteiger partial charge in [-0.15, -0.1) is 35.9 Å². The van der Waals surface area contributed by atoms with Gasteiger partial charge in [-0.3, -0.25) is 4.98 Å². The Labute approximate surface area is 163 Å². The van der Waals surface area contributed by atoms with Gasteiger partial charge < -0.3 is 4.57 Å². The van der Waals surface area contributed by atoms with E-state index < -0.39 is 0 Å². The fraction of sp³-hybridized carbons (Fsp3) is 0.409. The molecule has 1 fully saturated rings. The topological polar surface area (TPSA) is 17.8 Å². The number of aromatic nitrogens is 2. The van der Waals surface area contributed by atoms with Crippen LogP contribution in [0.5, 0.6) is 0 Å². The van der Waals surface area contributed by atoms with Gasteiger partial charge in [-0.25, -0.2) is 0 Å². The van der Waals surface area contributed by atoms with Gasteiger partial charge in [0.05, 0.1) is 16.9 Å². The number of nitrogens with zero attached hydrogens (tertiary/aromatic N) is 2. The molecule has 0 aliphatic heterocycles. The summed E-state index contributed by atoms with van der Waals surface area (Å²) >= 11 is 0. The monoisotopic (exact) mass is 508 g/mol. The van der Waals surface area contributed by atoms with Crippen molar-refractivity contribution in [1.82, 2.24) is 9.55 Å². The molecule has 0 atom stereocenters. The van der Waals surface area contributed by atoms with Gasteiger partial charge in [0.25, 0.3) is 0 Å². The Morgan fingerprint density at radius 2 is 1.72 bits per heavy atom. The Hall–Kier alpha value is -1.44. The molecule has 131 valence electrons. The van der Waals surface area contributed by atoms with Crippen molar-refractivity contribution in [3.8, 4) is 11.4 Å². The minimum atomic E-state index is 0. The maximum atomic E-state index is 5.03. The fourth-order valence-corrected chi connectivity index (χ4v) is 4.84. The third-order valence-corrected chi connectivity index (χ3v) is 5.97. The van der Waals surface area contributed by atoms with Gasteiger partial charge in [0, 0.05) is 26.1 Å². The number of hydrogen-bond donors (Lipinski definition) is 0. The van der Waals surface area contributed by atoms with Crippen LogP contribution in [0.1, 0.15) is 68.5 Å². The molecule has 3 aliphatic carbocycles. The zero-order chi connectivity index (χ0) is 16.3. The molecule has 3 aromatic rings. The van der Waals surface area contributed by atoms with Gasteiger partial charge in [-0.1, -0.05) is 0 Å². The Kier molecular flexibility index (Phi) is 4.33. The Bertz CT molecular complexity index is 903. The second-order valence-electron chi connectivity index (χ2n) is 7.69. The van der Waals surface area contributed by atoms with Crippen LogP contribution in [0.2, 0.25) is 0 Å². The normalized spacial score (nSPS) is 21.4. The van der Waals surface area contributed by atoms with Crippen LogP contribution in [-0.2, 0) is 20.1 Å². The van der Waals surface area contributed by atoms with Gasteiger partial charge >= 0.3 is 0 Å². The van der Waals surface area contributed by atoms with Crippen molar-refractivity contribution in [2.75, 3.05) is 0 Å². The van der Waals surface area contributed by atoms with Crippen LogP contribution in [0.3, 0.4) is 0 Å². The van der Waals surface area contributed by atoms with Crippen LogP contribution < -0.4 is 0 Å². The van der Waals surface area contributed by atoms with E-state index in [2.05, 4.69) is 48.7 Å². The third kappa shape index (κ3) is 2.60. The molecule has 0 unspecified atom stereocenters. The summed E-state index contributed by atoms with van der Waals surface area (Å²) < 4.78 is 2.39. The van der Waals surface area contributed by atoms with Crippen LogP contribution in [0.4, 0.5) is 0 Å². The Balaban J connectivity index is 0.00000157. The van der Waals surface area contributed by atoms with E-state index in [0.29, 0.717) is 6.04 Å². The average Bonchev–Trinajstić information content (AvgIpc) is 3.00. The molecule has 1 radical (unpaired) electrons. The van der Waals surface area contributed by atoms with Crippen molar-refractivity contribution in [1.29, 1.82) is 0 Å². The van der Waals surface area contributed by atoms with Gasteiger partial charge in [0.15, 0.2) is 0 Å². The summed E-state index contributed by atoms with van der Waals surface area (Å²) in [6, 6.07) is 16.8. The van der Waals surface area contributed by atoms with Gasteiger partial charge in [-0.05, 0) is 74.6 Å². The first-order chi connectivity index (χ1) is 11.7. The van der Waals surface area contributed by atoms with E-state index in [1.807, 2.05) is 12.1 Å². The molecule has 1 heterocycles. The summed E-state index contributed by atoms with van der Waals surface area (Å²) in [5, 5.41) is 0. The molecule has 3 aliphatic rings. The smallest absolute Gasteiger partial charge is 0.0773 e. The quantitative estimate of drug-likeness (QED) is 0.399. The zero-order valence-electron chi connectivity index (χ0n) is 14.8. The summed E-state index contributed by atoms with van der Waals surface area (Å²) in [5.74, 6) is 2.59. The van der Waals surface area contributed by atoms with Crippen LogP contribution in [0.15, 0.2) is 36.4 Å². The molecule has 1 aromatic heterocycles. The number of hydrogen-bond acceptors (Lipinski definition) is 1. The summed E-state index contributed by atoms with van der Waals surface area (Å²) in [5.41, 5.74) is 6.73. The number of rotatable bonds is 2. The van der Waals surface area contributed by atoms with Crippen LogP contribution in [0.25, 0.3) is 22.4 Å². The fourth-order valence-electron chi connectivity index (χ4n) is 4.84. The van der Waals surface area contributed by atoms with Crippen molar-refractivity contribution in [2.24, 2.45) is 0 Å². The maximum Gasteiger partial charge on any atom is 0.0773 e. The van der Waals surface area contributed by atoms with Gasteiger partial charge in [-0.2, -0.15) is 0 Å². The van der Waals surface area contributed by atoms with Crippen molar-refractivity contribution < 1.29 is 20.1 Å². The van der Waals surface area contributed by atoms with Crippen molar-refractivity contribution >= 4 is 11.0 Å². The standard InChI is InChI=1S/C22H23N2.Ir/c1-14(2)24-21-13-19-16-10-8-15(9-11-16)18(19)12-20(21)23-22(24)17-6-4-3-5-7-17;/h3-6,12-16H,8-11H2,1-2H3;/q-1;. The maximum absolute atomic E-state index is 5.03. The van der Waals surface area contributed by atoms with E-state index in [1.54, 1.807) is 11.1 Å². The van der Waals surface area contributed by atoms with Crippen molar-refractivity contribution in [3.05, 3.63) is 53.6 Å². The predicted octanol–water partition coefficient (Wildman–Crippen LogP) is 5.84. The second kappa shape index (κ2) is 6.37. The van der Waals surface area contributed by atoms with E-state index in [-0.39, 0.29) is 20.1 Å². The summed E-state index contributed by atoms with van der Waals surface area (Å²) in [7, 11) is 0. The molecule has 1 saturated carbocycles. The molecular weight excluding hydrogens is 484 g/mol. The largest absolute Gasteiger partial charge is 0.362 e. The first-order valence-electron chi connectivity index (χ1n) is 9.25. The molecule has 6 rings (SSSR count). The first kappa shape index (κ1) is 17.0. The SMILES string of the molecule is CC(C)n1c(-c2[c-]cccc2)nc2cc3c(cc21)C1CCC3CC1.[Ir]. The summed E-state index contributed by atoms with van der Waals surface area (Å²) in [6.45, 7) is 4.50. The number of fused-ring (bicyclic) bond motifs is 3. The first-order valence-corrected chi connectivity index (χ1v) is 9.25. The number of benzene rings is 2. The predicted molar refractivity (Wildman–Crippen MR) is 98.3 cm³/mol. The molecule has 2 bridgehead atoms. The van der Waals surface area contributed by atoms with Gasteiger partial charge in [0.1, 0.15) is 0 Å². The van der Waals surface area contributed by atoms with Gasteiger partial charge in [0.2, 0.25) is 0 Å². The number of imidazole rings is 1. The molecular formula is C22H23IrN2-. The molecule has 0 N–H and O–H groups in total. The average molecular weight is 508 g/mol. The second-order valence-corrected chi connectivity index (χ2v) is 7.69. The van der Waals surface area contributed by atoms with E-state index in [1.165, 1.54) is 31.2 Å². The van der Waals surface area contributed by atoms with Crippen molar-refractivity contribution in [3.63, 3.8) is 0 Å². The van der Waals surface area contributed by atoms with Crippen molar-refractivity contribution in [2.45, 2.75) is 57.4 Å². The summed E-state index contributed by atoms with van der Waals surface area (Å²) in [6.07, 6.45) is 5.48. The Morgan fingerprint density at radius 3 is 2.32 bits per heavy atom. The van der Waals surface area contributed by atoms with Crippen LogP contribution >= 0.6 is 0 Å². The molecule has 2 nitrogen and oxygen atoms in total. The Morgan fingerprint density at radius 1 is 1.04 bits per heavy atom. The molecule has 0 spiro atoms. The summed E-state index contributed by atoms with van der Waals surface area (Å²) in [4.78, 5) is 5.03. The minimum Gasteiger partial charge on any atom is -0.362 e.